The first kappa shape index (κ1) is 17.9. The first-order valence-electron chi connectivity index (χ1n) is 7.30. The standard InChI is InChI=1S/C19H18O6/c1-23-17-10-13(4-6-16(17)21)3-5-15-9-14(7-8-25-12-20)11-18(24-2)19(15)22/h3-12,21-22H,1-2H3/b5-3+,8-7+. The van der Waals surface area contributed by atoms with Gasteiger partial charge < -0.3 is 24.4 Å². The van der Waals surface area contributed by atoms with Crippen LogP contribution in [0, 0.1) is 0 Å². The van der Waals surface area contributed by atoms with Crippen molar-refractivity contribution in [2.75, 3.05) is 14.2 Å². The van der Waals surface area contributed by atoms with E-state index >= 15 is 0 Å². The lowest BCUT2D eigenvalue weighted by Crippen LogP contribution is -1.88. The van der Waals surface area contributed by atoms with Gasteiger partial charge in [0.1, 0.15) is 0 Å². The Morgan fingerprint density at radius 3 is 2.28 bits per heavy atom. The molecule has 130 valence electrons. The highest BCUT2D eigenvalue weighted by Gasteiger charge is 2.08. The molecule has 6 nitrogen and oxygen atoms in total. The molecule has 0 aliphatic carbocycles. The van der Waals surface area contributed by atoms with E-state index < -0.39 is 0 Å². The average molecular weight is 342 g/mol. The number of phenolic OH excluding ortho intramolecular Hbond substituents is 2. The lowest BCUT2D eigenvalue weighted by molar-refractivity contribution is -0.123. The van der Waals surface area contributed by atoms with Crippen LogP contribution in [0.1, 0.15) is 16.7 Å². The van der Waals surface area contributed by atoms with Crippen LogP contribution in [-0.2, 0) is 9.53 Å². The van der Waals surface area contributed by atoms with E-state index in [0.29, 0.717) is 23.3 Å². The molecule has 2 aromatic carbocycles. The largest absolute Gasteiger partial charge is 0.504 e. The van der Waals surface area contributed by atoms with Crippen LogP contribution in [0.4, 0.5) is 0 Å². The Kier molecular flexibility index (Phi) is 6.06. The molecule has 2 aromatic rings. The van der Waals surface area contributed by atoms with Crippen molar-refractivity contribution in [1.82, 2.24) is 0 Å². The van der Waals surface area contributed by atoms with Crippen molar-refractivity contribution < 1.29 is 29.2 Å². The Labute approximate surface area is 145 Å². The van der Waals surface area contributed by atoms with Gasteiger partial charge >= 0.3 is 0 Å². The van der Waals surface area contributed by atoms with Crippen molar-refractivity contribution >= 4 is 24.7 Å². The van der Waals surface area contributed by atoms with Gasteiger partial charge in [-0.25, -0.2) is 0 Å². The average Bonchev–Trinajstić information content (AvgIpc) is 2.63. The summed E-state index contributed by atoms with van der Waals surface area (Å²) in [4.78, 5) is 10.2. The van der Waals surface area contributed by atoms with Crippen molar-refractivity contribution in [3.63, 3.8) is 0 Å². The summed E-state index contributed by atoms with van der Waals surface area (Å²) in [6, 6.07) is 8.22. The van der Waals surface area contributed by atoms with Gasteiger partial charge in [-0.3, -0.25) is 4.79 Å². The predicted octanol–water partition coefficient (Wildman–Crippen LogP) is 3.43. The minimum Gasteiger partial charge on any atom is -0.504 e. The maximum atomic E-state index is 10.3. The normalized spacial score (nSPS) is 11.0. The Morgan fingerprint density at radius 2 is 1.60 bits per heavy atom. The minimum atomic E-state index is -0.0158. The monoisotopic (exact) mass is 342 g/mol. The third-order valence-electron chi connectivity index (χ3n) is 3.40. The van der Waals surface area contributed by atoms with Crippen molar-refractivity contribution in [1.29, 1.82) is 0 Å². The number of aromatic hydroxyl groups is 2. The summed E-state index contributed by atoms with van der Waals surface area (Å²) in [5.41, 5.74) is 1.97. The number of rotatable bonds is 7. The van der Waals surface area contributed by atoms with E-state index in [9.17, 15) is 15.0 Å². The molecular weight excluding hydrogens is 324 g/mol. The Hall–Kier alpha value is -3.41. The first-order chi connectivity index (χ1) is 12.1. The zero-order valence-electron chi connectivity index (χ0n) is 13.8. The summed E-state index contributed by atoms with van der Waals surface area (Å²) in [6.45, 7) is 0.313. The topological polar surface area (TPSA) is 85.2 Å². The summed E-state index contributed by atoms with van der Waals surface area (Å²) in [5.74, 6) is 0.673. The molecule has 2 rings (SSSR count). The third-order valence-corrected chi connectivity index (χ3v) is 3.40. The van der Waals surface area contributed by atoms with Crippen LogP contribution in [0.15, 0.2) is 36.6 Å². The minimum absolute atomic E-state index is 0.0158. The molecule has 0 saturated heterocycles. The van der Waals surface area contributed by atoms with E-state index in [-0.39, 0.29) is 17.2 Å². The molecule has 0 aliphatic rings. The number of methoxy groups -OCH3 is 2. The predicted molar refractivity (Wildman–Crippen MR) is 94.4 cm³/mol. The number of carbonyl (C=O) groups excluding carboxylic acids is 1. The van der Waals surface area contributed by atoms with E-state index in [0.717, 1.165) is 5.56 Å². The van der Waals surface area contributed by atoms with Gasteiger partial charge in [0.15, 0.2) is 23.0 Å². The number of ether oxygens (including phenoxy) is 3. The van der Waals surface area contributed by atoms with Gasteiger partial charge in [0.25, 0.3) is 6.47 Å². The van der Waals surface area contributed by atoms with Crippen LogP contribution in [-0.4, -0.2) is 30.9 Å². The maximum absolute atomic E-state index is 10.3. The molecular formula is C19H18O6. The van der Waals surface area contributed by atoms with Gasteiger partial charge in [0, 0.05) is 5.56 Å². The smallest absolute Gasteiger partial charge is 0.297 e. The van der Waals surface area contributed by atoms with Crippen LogP contribution in [0.2, 0.25) is 0 Å². The van der Waals surface area contributed by atoms with Crippen LogP contribution in [0.5, 0.6) is 23.0 Å². The highest BCUT2D eigenvalue weighted by molar-refractivity contribution is 5.76. The highest BCUT2D eigenvalue weighted by Crippen LogP contribution is 2.34. The van der Waals surface area contributed by atoms with Crippen molar-refractivity contribution in [2.45, 2.75) is 0 Å². The summed E-state index contributed by atoms with van der Waals surface area (Å²) in [6.07, 6.45) is 6.25. The van der Waals surface area contributed by atoms with E-state index in [1.807, 2.05) is 0 Å². The second kappa shape index (κ2) is 8.44. The number of benzene rings is 2. The number of hydrogen-bond acceptors (Lipinski definition) is 6. The SMILES string of the molecule is COc1cc(/C=C/c2cc(/C=C/OC=O)cc(OC)c2O)ccc1O. The highest BCUT2D eigenvalue weighted by atomic mass is 16.5. The van der Waals surface area contributed by atoms with E-state index in [2.05, 4.69) is 4.74 Å². The molecule has 0 atom stereocenters. The Bertz CT molecular complexity index is 808. The van der Waals surface area contributed by atoms with Crippen molar-refractivity contribution in [2.24, 2.45) is 0 Å². The molecule has 6 heteroatoms. The van der Waals surface area contributed by atoms with Gasteiger partial charge in [0.05, 0.1) is 20.5 Å². The summed E-state index contributed by atoms with van der Waals surface area (Å²) < 4.78 is 14.7. The van der Waals surface area contributed by atoms with Crippen molar-refractivity contribution in [3.8, 4) is 23.0 Å². The Balaban J connectivity index is 2.37. The molecule has 0 spiro atoms. The number of phenols is 2. The van der Waals surface area contributed by atoms with Gasteiger partial charge in [-0.05, 0) is 41.5 Å². The lowest BCUT2D eigenvalue weighted by Gasteiger charge is -2.08. The van der Waals surface area contributed by atoms with Gasteiger partial charge in [-0.15, -0.1) is 0 Å². The van der Waals surface area contributed by atoms with Gasteiger partial charge in [0.2, 0.25) is 0 Å². The maximum Gasteiger partial charge on any atom is 0.297 e. The molecule has 2 N–H and O–H groups in total. The first-order valence-corrected chi connectivity index (χ1v) is 7.30. The van der Waals surface area contributed by atoms with Gasteiger partial charge in [-0.2, -0.15) is 0 Å². The molecule has 0 aliphatic heterocycles. The second-order valence-electron chi connectivity index (χ2n) is 4.96. The van der Waals surface area contributed by atoms with Crippen LogP contribution < -0.4 is 9.47 Å². The van der Waals surface area contributed by atoms with Crippen LogP contribution in [0.3, 0.4) is 0 Å². The molecule has 25 heavy (non-hydrogen) atoms. The molecule has 0 saturated carbocycles. The van der Waals surface area contributed by atoms with E-state index in [4.69, 9.17) is 9.47 Å². The molecule has 0 aromatic heterocycles. The molecule has 0 unspecified atom stereocenters. The molecule has 0 amide bonds. The molecule has 0 fully saturated rings. The second-order valence-corrected chi connectivity index (χ2v) is 4.96. The Morgan fingerprint density at radius 1 is 0.880 bits per heavy atom. The van der Waals surface area contributed by atoms with Crippen LogP contribution >= 0.6 is 0 Å². The third kappa shape index (κ3) is 4.54. The fourth-order valence-corrected chi connectivity index (χ4v) is 2.16. The van der Waals surface area contributed by atoms with E-state index in [1.54, 1.807) is 42.5 Å². The molecule has 0 radical (unpaired) electrons. The number of hydrogen-bond donors (Lipinski definition) is 2. The molecule has 0 heterocycles. The zero-order chi connectivity index (χ0) is 18.2. The number of carbonyl (C=O) groups is 1. The van der Waals surface area contributed by atoms with E-state index in [1.165, 1.54) is 26.5 Å². The van der Waals surface area contributed by atoms with Gasteiger partial charge in [-0.1, -0.05) is 18.2 Å². The lowest BCUT2D eigenvalue weighted by atomic mass is 10.1. The summed E-state index contributed by atoms with van der Waals surface area (Å²) in [5, 5.41) is 19.9. The summed E-state index contributed by atoms with van der Waals surface area (Å²) >= 11 is 0. The molecule has 0 bridgehead atoms. The zero-order valence-corrected chi connectivity index (χ0v) is 13.8. The fraction of sp³-hybridized carbons (Fsp3) is 0.105. The van der Waals surface area contributed by atoms with Crippen LogP contribution in [0.25, 0.3) is 18.2 Å². The summed E-state index contributed by atoms with van der Waals surface area (Å²) in [7, 11) is 2.92. The quantitative estimate of drug-likeness (QED) is 0.455. The fourth-order valence-electron chi connectivity index (χ4n) is 2.16. The van der Waals surface area contributed by atoms with Crippen molar-refractivity contribution in [3.05, 3.63) is 53.3 Å².